The maximum Gasteiger partial charge on any atom is 0.326 e. The van der Waals surface area contributed by atoms with Crippen molar-refractivity contribution in [2.75, 3.05) is 5.32 Å². The number of benzene rings is 1. The second-order valence-electron chi connectivity index (χ2n) is 4.23. The van der Waals surface area contributed by atoms with Gasteiger partial charge < -0.3 is 16.2 Å². The number of halogens is 1. The number of anilines is 1. The minimum atomic E-state index is -1.02. The van der Waals surface area contributed by atoms with Gasteiger partial charge in [0.1, 0.15) is 11.9 Å². The van der Waals surface area contributed by atoms with E-state index in [4.69, 9.17) is 10.8 Å². The van der Waals surface area contributed by atoms with Crippen molar-refractivity contribution in [3.8, 4) is 0 Å². The molecule has 4 N–H and O–H groups in total. The summed E-state index contributed by atoms with van der Waals surface area (Å²) in [5.41, 5.74) is 5.32. The van der Waals surface area contributed by atoms with Crippen molar-refractivity contribution in [1.82, 2.24) is 0 Å². The van der Waals surface area contributed by atoms with E-state index >= 15 is 0 Å². The molecule has 0 bridgehead atoms. The van der Waals surface area contributed by atoms with E-state index in [1.165, 1.54) is 6.07 Å². The molecule has 0 aliphatic carbocycles. The van der Waals surface area contributed by atoms with Crippen LogP contribution in [0.3, 0.4) is 0 Å². The number of aliphatic carboxylic acids is 1. The molecule has 1 aromatic rings. The first-order valence-corrected chi connectivity index (χ1v) is 6.04. The molecule has 0 aliphatic rings. The number of carboxylic acid groups (broad SMARTS) is 1. The number of primary amides is 1. The Bertz CT molecular complexity index is 477. The fraction of sp³-hybridized carbons (Fsp3) is 0.385. The zero-order chi connectivity index (χ0) is 14.4. The molecule has 1 atom stereocenters. The molecule has 0 aromatic heterocycles. The first-order valence-electron chi connectivity index (χ1n) is 6.04. The van der Waals surface area contributed by atoms with Crippen molar-refractivity contribution < 1.29 is 19.1 Å². The Labute approximate surface area is 110 Å². The second kappa shape index (κ2) is 6.72. The van der Waals surface area contributed by atoms with Gasteiger partial charge in [-0.05, 0) is 24.6 Å². The first-order chi connectivity index (χ1) is 8.95. The van der Waals surface area contributed by atoms with Crippen molar-refractivity contribution in [1.29, 1.82) is 0 Å². The summed E-state index contributed by atoms with van der Waals surface area (Å²) in [5, 5.41) is 11.8. The lowest BCUT2D eigenvalue weighted by Gasteiger charge is -2.17. The zero-order valence-electron chi connectivity index (χ0n) is 10.6. The fourth-order valence-corrected chi connectivity index (χ4v) is 1.70. The van der Waals surface area contributed by atoms with Crippen molar-refractivity contribution in [2.24, 2.45) is 5.73 Å². The Morgan fingerprint density at radius 3 is 2.68 bits per heavy atom. The quantitative estimate of drug-likeness (QED) is 0.705. The van der Waals surface area contributed by atoms with Gasteiger partial charge in [-0.3, -0.25) is 4.79 Å². The van der Waals surface area contributed by atoms with Gasteiger partial charge in [0.2, 0.25) is 0 Å². The summed E-state index contributed by atoms with van der Waals surface area (Å²) in [4.78, 5) is 22.3. The molecule has 0 radical (unpaired) electrons. The van der Waals surface area contributed by atoms with Gasteiger partial charge in [-0.25, -0.2) is 9.18 Å². The smallest absolute Gasteiger partial charge is 0.326 e. The molecule has 19 heavy (non-hydrogen) atoms. The van der Waals surface area contributed by atoms with E-state index in [2.05, 4.69) is 5.32 Å². The van der Waals surface area contributed by atoms with Gasteiger partial charge in [0.05, 0.1) is 5.56 Å². The van der Waals surface area contributed by atoms with Gasteiger partial charge >= 0.3 is 5.97 Å². The van der Waals surface area contributed by atoms with Crippen molar-refractivity contribution in [3.05, 3.63) is 29.6 Å². The second-order valence-corrected chi connectivity index (χ2v) is 4.23. The molecular formula is C13H17FN2O3. The van der Waals surface area contributed by atoms with Crippen LogP contribution in [0.2, 0.25) is 0 Å². The number of carbonyl (C=O) groups is 2. The maximum atomic E-state index is 13.1. The SMILES string of the molecule is CCCCC(Nc1ccc(F)cc1C(N)=O)C(=O)O. The van der Waals surface area contributed by atoms with Crippen LogP contribution in [-0.2, 0) is 4.79 Å². The lowest BCUT2D eigenvalue weighted by atomic mass is 10.1. The van der Waals surface area contributed by atoms with Gasteiger partial charge in [-0.2, -0.15) is 0 Å². The van der Waals surface area contributed by atoms with Crippen LogP contribution in [0, 0.1) is 5.82 Å². The van der Waals surface area contributed by atoms with Crippen LogP contribution in [0.4, 0.5) is 10.1 Å². The summed E-state index contributed by atoms with van der Waals surface area (Å²) < 4.78 is 13.1. The molecular weight excluding hydrogens is 251 g/mol. The highest BCUT2D eigenvalue weighted by Gasteiger charge is 2.19. The van der Waals surface area contributed by atoms with Crippen LogP contribution < -0.4 is 11.1 Å². The number of hydrogen-bond acceptors (Lipinski definition) is 3. The first kappa shape index (κ1) is 14.9. The van der Waals surface area contributed by atoms with E-state index < -0.39 is 23.7 Å². The highest BCUT2D eigenvalue weighted by molar-refractivity contribution is 5.99. The van der Waals surface area contributed by atoms with Crippen molar-refractivity contribution >= 4 is 17.6 Å². The minimum Gasteiger partial charge on any atom is -0.480 e. The third-order valence-electron chi connectivity index (χ3n) is 2.72. The molecule has 1 rings (SSSR count). The lowest BCUT2D eigenvalue weighted by molar-refractivity contribution is -0.138. The Kier molecular flexibility index (Phi) is 5.29. The highest BCUT2D eigenvalue weighted by atomic mass is 19.1. The lowest BCUT2D eigenvalue weighted by Crippen LogP contribution is -2.30. The number of unbranched alkanes of at least 4 members (excludes halogenated alkanes) is 1. The Morgan fingerprint density at radius 2 is 2.16 bits per heavy atom. The number of hydrogen-bond donors (Lipinski definition) is 3. The molecule has 0 spiro atoms. The molecule has 0 saturated carbocycles. The molecule has 1 amide bonds. The zero-order valence-corrected chi connectivity index (χ0v) is 10.6. The summed E-state index contributed by atoms with van der Waals surface area (Å²) in [6.45, 7) is 1.95. The van der Waals surface area contributed by atoms with E-state index in [-0.39, 0.29) is 11.3 Å². The van der Waals surface area contributed by atoms with E-state index in [1.807, 2.05) is 6.92 Å². The molecule has 1 unspecified atom stereocenters. The van der Waals surface area contributed by atoms with Gasteiger partial charge in [-0.1, -0.05) is 19.8 Å². The molecule has 1 aromatic carbocycles. The number of carbonyl (C=O) groups excluding carboxylic acids is 1. The largest absolute Gasteiger partial charge is 0.480 e. The van der Waals surface area contributed by atoms with Gasteiger partial charge in [0, 0.05) is 5.69 Å². The fourth-order valence-electron chi connectivity index (χ4n) is 1.70. The molecule has 0 aliphatic heterocycles. The van der Waals surface area contributed by atoms with Gasteiger partial charge in [-0.15, -0.1) is 0 Å². The number of rotatable bonds is 7. The molecule has 5 nitrogen and oxygen atoms in total. The van der Waals surface area contributed by atoms with E-state index in [0.717, 1.165) is 25.0 Å². The standard InChI is InChI=1S/C13H17FN2O3/c1-2-3-4-11(13(18)19)16-10-6-5-8(14)7-9(10)12(15)17/h5-7,11,16H,2-4H2,1H3,(H2,15,17)(H,18,19). The Hall–Kier alpha value is -2.11. The molecule has 6 heteroatoms. The van der Waals surface area contributed by atoms with Crippen LogP contribution in [0.15, 0.2) is 18.2 Å². The van der Waals surface area contributed by atoms with Crippen LogP contribution in [0.1, 0.15) is 36.5 Å². The topological polar surface area (TPSA) is 92.4 Å². The van der Waals surface area contributed by atoms with Gasteiger partial charge in [0.15, 0.2) is 0 Å². The Balaban J connectivity index is 2.95. The maximum absolute atomic E-state index is 13.1. The third-order valence-corrected chi connectivity index (χ3v) is 2.72. The molecule has 0 fully saturated rings. The summed E-state index contributed by atoms with van der Waals surface area (Å²) >= 11 is 0. The Morgan fingerprint density at radius 1 is 1.47 bits per heavy atom. The summed E-state index contributed by atoms with van der Waals surface area (Å²) in [5.74, 6) is -2.42. The third kappa shape index (κ3) is 4.24. The monoisotopic (exact) mass is 268 g/mol. The number of nitrogens with one attached hydrogen (secondary N) is 1. The highest BCUT2D eigenvalue weighted by Crippen LogP contribution is 2.19. The predicted octanol–water partition coefficient (Wildman–Crippen LogP) is 1.98. The number of amides is 1. The average molecular weight is 268 g/mol. The van der Waals surface area contributed by atoms with Crippen LogP contribution >= 0.6 is 0 Å². The average Bonchev–Trinajstić information content (AvgIpc) is 2.35. The molecule has 104 valence electrons. The van der Waals surface area contributed by atoms with E-state index in [1.54, 1.807) is 0 Å². The van der Waals surface area contributed by atoms with Gasteiger partial charge in [0.25, 0.3) is 5.91 Å². The van der Waals surface area contributed by atoms with Crippen LogP contribution in [-0.4, -0.2) is 23.0 Å². The molecule has 0 saturated heterocycles. The van der Waals surface area contributed by atoms with Crippen LogP contribution in [0.25, 0.3) is 0 Å². The number of nitrogens with two attached hydrogens (primary N) is 1. The summed E-state index contributed by atoms with van der Waals surface area (Å²) in [6.07, 6.45) is 2.01. The summed E-state index contributed by atoms with van der Waals surface area (Å²) in [6, 6.07) is 2.62. The minimum absolute atomic E-state index is 0.0530. The van der Waals surface area contributed by atoms with E-state index in [0.29, 0.717) is 6.42 Å². The number of carboxylic acids is 1. The van der Waals surface area contributed by atoms with Crippen molar-refractivity contribution in [2.45, 2.75) is 32.2 Å². The van der Waals surface area contributed by atoms with Crippen LogP contribution in [0.5, 0.6) is 0 Å². The van der Waals surface area contributed by atoms with E-state index in [9.17, 15) is 14.0 Å². The predicted molar refractivity (Wildman–Crippen MR) is 69.5 cm³/mol. The van der Waals surface area contributed by atoms with Crippen molar-refractivity contribution in [3.63, 3.8) is 0 Å². The summed E-state index contributed by atoms with van der Waals surface area (Å²) in [7, 11) is 0. The molecule has 0 heterocycles. The normalized spacial score (nSPS) is 11.9.